The van der Waals surface area contributed by atoms with Gasteiger partial charge in [0.1, 0.15) is 5.75 Å². The van der Waals surface area contributed by atoms with Gasteiger partial charge < -0.3 is 10.1 Å². The Morgan fingerprint density at radius 1 is 1.44 bits per heavy atom. The first-order chi connectivity index (χ1) is 8.33. The molecule has 1 amide bonds. The Hall–Kier alpha value is -1.72. The van der Waals surface area contributed by atoms with Crippen LogP contribution in [0.5, 0.6) is 5.75 Å². The maximum absolute atomic E-state index is 12.1. The molecule has 1 aliphatic carbocycles. The van der Waals surface area contributed by atoms with Crippen LogP contribution in [0.4, 0.5) is 18.9 Å². The molecule has 2 atom stereocenters. The molecule has 2 unspecified atom stereocenters. The molecular weight excluding hydrogens is 247 g/mol. The van der Waals surface area contributed by atoms with Crippen LogP contribution >= 0.6 is 0 Å². The van der Waals surface area contributed by atoms with E-state index in [1.54, 1.807) is 0 Å². The van der Waals surface area contributed by atoms with Crippen LogP contribution in [-0.2, 0) is 10.2 Å². The molecule has 1 aromatic carbocycles. The molecule has 1 fully saturated rings. The number of anilines is 1. The summed E-state index contributed by atoms with van der Waals surface area (Å²) in [5.41, 5.74) is 0.556. The molecule has 1 aliphatic heterocycles. The van der Waals surface area contributed by atoms with Crippen LogP contribution in [0.25, 0.3) is 0 Å². The summed E-state index contributed by atoms with van der Waals surface area (Å²) in [5, 5.41) is 2.69. The standard InChI is InChI=1S/C12H10F3NO2/c1-6-5-11(6)8-4-7(18-12(13,14)15)2-3-9(8)16-10(11)17/h2-4,6H,5H2,1H3,(H,16,17). The van der Waals surface area contributed by atoms with Gasteiger partial charge in [0.15, 0.2) is 0 Å². The molecule has 1 heterocycles. The molecule has 0 radical (unpaired) electrons. The monoisotopic (exact) mass is 257 g/mol. The van der Waals surface area contributed by atoms with Gasteiger partial charge in [0, 0.05) is 5.69 Å². The van der Waals surface area contributed by atoms with Crippen molar-refractivity contribution in [3.8, 4) is 5.75 Å². The van der Waals surface area contributed by atoms with E-state index in [1.165, 1.54) is 18.2 Å². The van der Waals surface area contributed by atoms with Gasteiger partial charge in [-0.25, -0.2) is 0 Å². The number of halogens is 3. The molecule has 18 heavy (non-hydrogen) atoms. The highest BCUT2D eigenvalue weighted by molar-refractivity contribution is 6.08. The average molecular weight is 257 g/mol. The normalized spacial score (nSPS) is 29.1. The van der Waals surface area contributed by atoms with E-state index in [4.69, 9.17) is 0 Å². The third-order valence-corrected chi connectivity index (χ3v) is 3.67. The van der Waals surface area contributed by atoms with Crippen LogP contribution in [0.1, 0.15) is 18.9 Å². The van der Waals surface area contributed by atoms with Crippen LogP contribution < -0.4 is 10.1 Å². The molecular formula is C12H10F3NO2. The van der Waals surface area contributed by atoms with E-state index in [1.807, 2.05) is 6.92 Å². The minimum absolute atomic E-state index is 0.130. The summed E-state index contributed by atoms with van der Waals surface area (Å²) < 4.78 is 40.3. The van der Waals surface area contributed by atoms with Crippen molar-refractivity contribution in [2.45, 2.75) is 25.1 Å². The zero-order valence-electron chi connectivity index (χ0n) is 9.47. The SMILES string of the molecule is CC1CC12C(=O)Nc1ccc(OC(F)(F)F)cc12. The fraction of sp³-hybridized carbons (Fsp3) is 0.417. The number of fused-ring (bicyclic) bond motifs is 2. The Morgan fingerprint density at radius 3 is 2.67 bits per heavy atom. The molecule has 96 valence electrons. The van der Waals surface area contributed by atoms with Crippen molar-refractivity contribution in [1.29, 1.82) is 0 Å². The number of hydrogen-bond donors (Lipinski definition) is 1. The van der Waals surface area contributed by atoms with Crippen LogP contribution in [0, 0.1) is 5.92 Å². The summed E-state index contributed by atoms with van der Waals surface area (Å²) >= 11 is 0. The van der Waals surface area contributed by atoms with E-state index in [9.17, 15) is 18.0 Å². The Kier molecular flexibility index (Phi) is 2.01. The molecule has 1 N–H and O–H groups in total. The molecule has 1 saturated carbocycles. The molecule has 6 heteroatoms. The van der Waals surface area contributed by atoms with Gasteiger partial charge >= 0.3 is 6.36 Å². The smallest absolute Gasteiger partial charge is 0.406 e. The summed E-state index contributed by atoms with van der Waals surface area (Å²) in [6, 6.07) is 3.97. The Labute approximate surface area is 101 Å². The van der Waals surface area contributed by atoms with Crippen molar-refractivity contribution >= 4 is 11.6 Å². The molecule has 2 aliphatic rings. The molecule has 0 bridgehead atoms. The Morgan fingerprint density at radius 2 is 2.11 bits per heavy atom. The zero-order chi connectivity index (χ0) is 13.1. The molecule has 3 rings (SSSR count). The minimum atomic E-state index is -4.72. The molecule has 1 aromatic rings. The Bertz CT molecular complexity index is 541. The largest absolute Gasteiger partial charge is 0.573 e. The number of hydrogen-bond acceptors (Lipinski definition) is 2. The van der Waals surface area contributed by atoms with Crippen LogP contribution in [0.2, 0.25) is 0 Å². The van der Waals surface area contributed by atoms with Crippen molar-refractivity contribution in [3.05, 3.63) is 23.8 Å². The van der Waals surface area contributed by atoms with E-state index in [2.05, 4.69) is 10.1 Å². The highest BCUT2D eigenvalue weighted by atomic mass is 19.4. The van der Waals surface area contributed by atoms with Crippen molar-refractivity contribution in [1.82, 2.24) is 0 Å². The van der Waals surface area contributed by atoms with Gasteiger partial charge in [0.05, 0.1) is 5.41 Å². The van der Waals surface area contributed by atoms with Crippen molar-refractivity contribution in [3.63, 3.8) is 0 Å². The maximum atomic E-state index is 12.1. The Balaban J connectivity index is 2.00. The van der Waals surface area contributed by atoms with Gasteiger partial charge in [-0.2, -0.15) is 0 Å². The van der Waals surface area contributed by atoms with Crippen LogP contribution in [0.15, 0.2) is 18.2 Å². The summed E-state index contributed by atoms with van der Waals surface area (Å²) in [4.78, 5) is 11.8. The number of benzene rings is 1. The fourth-order valence-corrected chi connectivity index (χ4v) is 2.67. The van der Waals surface area contributed by atoms with Crippen molar-refractivity contribution in [2.75, 3.05) is 5.32 Å². The fourth-order valence-electron chi connectivity index (χ4n) is 2.67. The molecule has 1 spiro atoms. The number of nitrogens with one attached hydrogen (secondary N) is 1. The second-order valence-electron chi connectivity index (χ2n) is 4.79. The van der Waals surface area contributed by atoms with E-state index in [0.717, 1.165) is 0 Å². The summed E-state index contributed by atoms with van der Waals surface area (Å²) in [6.45, 7) is 1.91. The lowest BCUT2D eigenvalue weighted by Crippen LogP contribution is -2.21. The predicted octanol–water partition coefficient (Wildman–Crippen LogP) is 2.81. The third kappa shape index (κ3) is 1.48. The second-order valence-corrected chi connectivity index (χ2v) is 4.79. The average Bonchev–Trinajstić information content (AvgIpc) is 2.83. The quantitative estimate of drug-likeness (QED) is 0.840. The summed E-state index contributed by atoms with van der Waals surface area (Å²) in [6.07, 6.45) is -4.05. The van der Waals surface area contributed by atoms with Crippen LogP contribution in [0.3, 0.4) is 0 Å². The van der Waals surface area contributed by atoms with Gasteiger partial charge in [-0.15, -0.1) is 13.2 Å². The van der Waals surface area contributed by atoms with E-state index in [-0.39, 0.29) is 17.6 Å². The zero-order valence-corrected chi connectivity index (χ0v) is 9.47. The predicted molar refractivity (Wildman–Crippen MR) is 57.2 cm³/mol. The maximum Gasteiger partial charge on any atom is 0.573 e. The number of carbonyl (C=O) groups excluding carboxylic acids is 1. The number of carbonyl (C=O) groups is 1. The lowest BCUT2D eigenvalue weighted by Gasteiger charge is -2.11. The van der Waals surface area contributed by atoms with Crippen molar-refractivity contribution in [2.24, 2.45) is 5.92 Å². The summed E-state index contributed by atoms with van der Waals surface area (Å²) in [5.74, 6) is -0.259. The lowest BCUT2D eigenvalue weighted by atomic mass is 9.95. The second kappa shape index (κ2) is 3.18. The minimum Gasteiger partial charge on any atom is -0.406 e. The van der Waals surface area contributed by atoms with Crippen molar-refractivity contribution < 1.29 is 22.7 Å². The number of alkyl halides is 3. The first-order valence-corrected chi connectivity index (χ1v) is 5.55. The highest BCUT2D eigenvalue weighted by Gasteiger charge is 2.62. The van der Waals surface area contributed by atoms with Gasteiger partial charge in [0.25, 0.3) is 0 Å². The third-order valence-electron chi connectivity index (χ3n) is 3.67. The van der Waals surface area contributed by atoms with E-state index in [0.29, 0.717) is 17.7 Å². The first kappa shape index (κ1) is 11.4. The highest BCUT2D eigenvalue weighted by Crippen LogP contribution is 2.60. The molecule has 0 saturated heterocycles. The van der Waals surface area contributed by atoms with Gasteiger partial charge in [0.2, 0.25) is 5.91 Å². The van der Waals surface area contributed by atoms with E-state index < -0.39 is 11.8 Å². The van der Waals surface area contributed by atoms with E-state index >= 15 is 0 Å². The van der Waals surface area contributed by atoms with Gasteiger partial charge in [-0.1, -0.05) is 6.92 Å². The first-order valence-electron chi connectivity index (χ1n) is 5.55. The molecule has 0 aromatic heterocycles. The number of ether oxygens (including phenoxy) is 1. The molecule has 3 nitrogen and oxygen atoms in total. The van der Waals surface area contributed by atoms with Crippen LogP contribution in [-0.4, -0.2) is 12.3 Å². The van der Waals surface area contributed by atoms with Gasteiger partial charge in [-0.05, 0) is 36.1 Å². The number of amides is 1. The topological polar surface area (TPSA) is 38.3 Å². The van der Waals surface area contributed by atoms with Gasteiger partial charge in [-0.3, -0.25) is 4.79 Å². The number of rotatable bonds is 1. The lowest BCUT2D eigenvalue weighted by molar-refractivity contribution is -0.274. The summed E-state index contributed by atoms with van der Waals surface area (Å²) in [7, 11) is 0.